The van der Waals surface area contributed by atoms with Crippen LogP contribution in [-0.4, -0.2) is 28.6 Å². The summed E-state index contributed by atoms with van der Waals surface area (Å²) >= 11 is 5.69. The van der Waals surface area contributed by atoms with Gasteiger partial charge in [-0.25, -0.2) is 4.98 Å². The molecule has 1 rings (SSSR count). The molecular weight excluding hydrogens is 253 g/mol. The molecule has 6 heteroatoms. The van der Waals surface area contributed by atoms with E-state index in [1.807, 2.05) is 0 Å². The molecule has 1 aromatic heterocycles. The highest BCUT2D eigenvalue weighted by Crippen LogP contribution is 2.19. The Kier molecular flexibility index (Phi) is 4.77. The monoisotopic (exact) mass is 266 g/mol. The second-order valence-corrected chi connectivity index (χ2v) is 4.45. The minimum atomic E-state index is -4.21. The van der Waals surface area contributed by atoms with Crippen LogP contribution in [0.5, 0.6) is 0 Å². The van der Waals surface area contributed by atoms with Gasteiger partial charge in [-0.05, 0) is 26.0 Å². The van der Waals surface area contributed by atoms with Crippen molar-refractivity contribution < 1.29 is 13.2 Å². The first-order chi connectivity index (χ1) is 7.78. The van der Waals surface area contributed by atoms with Gasteiger partial charge >= 0.3 is 6.18 Å². The molecule has 0 N–H and O–H groups in total. The van der Waals surface area contributed by atoms with Gasteiger partial charge in [0.25, 0.3) is 0 Å². The predicted octanol–water partition coefficient (Wildman–Crippen LogP) is 3.51. The number of hydrogen-bond donors (Lipinski definition) is 0. The number of nitrogens with zero attached hydrogens (tertiary/aromatic N) is 2. The largest absolute Gasteiger partial charge is 0.401 e. The number of hydrogen-bond acceptors (Lipinski definition) is 2. The van der Waals surface area contributed by atoms with Crippen molar-refractivity contribution in [1.29, 1.82) is 0 Å². The van der Waals surface area contributed by atoms with Crippen LogP contribution in [0.2, 0.25) is 5.15 Å². The summed E-state index contributed by atoms with van der Waals surface area (Å²) in [6, 6.07) is 4.72. The van der Waals surface area contributed by atoms with Gasteiger partial charge in [0, 0.05) is 12.6 Å². The van der Waals surface area contributed by atoms with E-state index >= 15 is 0 Å². The van der Waals surface area contributed by atoms with E-state index in [1.54, 1.807) is 32.0 Å². The summed E-state index contributed by atoms with van der Waals surface area (Å²) in [5, 5.41) is 0.290. The minimum Gasteiger partial charge on any atom is -0.287 e. The lowest BCUT2D eigenvalue weighted by atomic mass is 10.2. The van der Waals surface area contributed by atoms with Gasteiger partial charge in [-0.15, -0.1) is 0 Å². The van der Waals surface area contributed by atoms with E-state index in [9.17, 15) is 13.2 Å². The molecule has 0 amide bonds. The Morgan fingerprint density at radius 2 is 2.00 bits per heavy atom. The third-order valence-electron chi connectivity index (χ3n) is 2.25. The number of rotatable bonds is 4. The minimum absolute atomic E-state index is 0.137. The van der Waals surface area contributed by atoms with Crippen molar-refractivity contribution in [2.75, 3.05) is 6.54 Å². The van der Waals surface area contributed by atoms with E-state index in [0.717, 1.165) is 0 Å². The van der Waals surface area contributed by atoms with E-state index in [-0.39, 0.29) is 12.6 Å². The van der Waals surface area contributed by atoms with Crippen molar-refractivity contribution in [3.8, 4) is 0 Å². The molecule has 0 spiro atoms. The van der Waals surface area contributed by atoms with Crippen molar-refractivity contribution in [1.82, 2.24) is 9.88 Å². The highest BCUT2D eigenvalue weighted by atomic mass is 35.5. The van der Waals surface area contributed by atoms with E-state index in [1.165, 1.54) is 4.90 Å². The van der Waals surface area contributed by atoms with Crippen LogP contribution in [0.15, 0.2) is 18.2 Å². The number of halogens is 4. The van der Waals surface area contributed by atoms with Crippen LogP contribution >= 0.6 is 11.6 Å². The normalized spacial score (nSPS) is 12.5. The van der Waals surface area contributed by atoms with Crippen molar-refractivity contribution in [2.24, 2.45) is 0 Å². The smallest absolute Gasteiger partial charge is 0.287 e. The van der Waals surface area contributed by atoms with Crippen LogP contribution in [0.1, 0.15) is 19.5 Å². The van der Waals surface area contributed by atoms with Crippen LogP contribution < -0.4 is 0 Å². The van der Waals surface area contributed by atoms with Gasteiger partial charge < -0.3 is 0 Å². The molecule has 17 heavy (non-hydrogen) atoms. The van der Waals surface area contributed by atoms with Gasteiger partial charge in [0.2, 0.25) is 0 Å². The van der Waals surface area contributed by atoms with Gasteiger partial charge in [-0.2, -0.15) is 13.2 Å². The standard InChI is InChI=1S/C11H14ClF3N2/c1-8(2)17(7-11(13,14)15)6-9-4-3-5-10(12)16-9/h3-5,8H,6-7H2,1-2H3. The van der Waals surface area contributed by atoms with Gasteiger partial charge in [-0.3, -0.25) is 4.90 Å². The second kappa shape index (κ2) is 5.69. The third-order valence-corrected chi connectivity index (χ3v) is 2.46. The molecule has 0 fully saturated rings. The van der Waals surface area contributed by atoms with Crippen LogP contribution in [0, 0.1) is 0 Å². The summed E-state index contributed by atoms with van der Waals surface area (Å²) in [7, 11) is 0. The lowest BCUT2D eigenvalue weighted by Gasteiger charge is -2.27. The molecule has 0 unspecified atom stereocenters. The van der Waals surface area contributed by atoms with Crippen molar-refractivity contribution >= 4 is 11.6 Å². The zero-order chi connectivity index (χ0) is 13.1. The van der Waals surface area contributed by atoms with Crippen molar-refractivity contribution in [3.63, 3.8) is 0 Å². The average molecular weight is 267 g/mol. The Morgan fingerprint density at radius 1 is 1.35 bits per heavy atom. The van der Waals surface area contributed by atoms with Crippen molar-refractivity contribution in [3.05, 3.63) is 29.0 Å². The summed E-state index contributed by atoms with van der Waals surface area (Å²) in [5.41, 5.74) is 0.537. The first-order valence-corrected chi connectivity index (χ1v) is 5.58. The summed E-state index contributed by atoms with van der Waals surface area (Å²) in [4.78, 5) is 5.29. The first-order valence-electron chi connectivity index (χ1n) is 5.20. The Balaban J connectivity index is 2.74. The average Bonchev–Trinajstić information content (AvgIpc) is 2.14. The molecule has 0 atom stereocenters. The Bertz CT molecular complexity index is 366. The van der Waals surface area contributed by atoms with Gasteiger partial charge in [0.1, 0.15) is 5.15 Å². The van der Waals surface area contributed by atoms with E-state index in [4.69, 9.17) is 11.6 Å². The molecule has 0 aromatic carbocycles. The van der Waals surface area contributed by atoms with Crippen LogP contribution in [0.3, 0.4) is 0 Å². The fraction of sp³-hybridized carbons (Fsp3) is 0.545. The molecule has 0 aliphatic carbocycles. The molecule has 96 valence electrons. The lowest BCUT2D eigenvalue weighted by Crippen LogP contribution is -2.38. The van der Waals surface area contributed by atoms with E-state index in [0.29, 0.717) is 10.8 Å². The van der Waals surface area contributed by atoms with Crippen molar-refractivity contribution in [2.45, 2.75) is 32.6 Å². The molecule has 1 aromatic rings. The number of aromatic nitrogens is 1. The molecule has 0 bridgehead atoms. The summed E-state index contributed by atoms with van der Waals surface area (Å²) < 4.78 is 37.1. The maximum absolute atomic E-state index is 12.4. The Hall–Kier alpha value is -0.810. The fourth-order valence-corrected chi connectivity index (χ4v) is 1.58. The van der Waals surface area contributed by atoms with Crippen LogP contribution in [0.25, 0.3) is 0 Å². The third kappa shape index (κ3) is 5.37. The van der Waals surface area contributed by atoms with Gasteiger partial charge in [0.15, 0.2) is 0 Å². The highest BCUT2D eigenvalue weighted by molar-refractivity contribution is 6.29. The Morgan fingerprint density at radius 3 is 2.47 bits per heavy atom. The first kappa shape index (κ1) is 14.3. The molecule has 2 nitrogen and oxygen atoms in total. The number of alkyl halides is 3. The summed E-state index contributed by atoms with van der Waals surface area (Å²) in [6.45, 7) is 2.63. The van der Waals surface area contributed by atoms with E-state index in [2.05, 4.69) is 4.98 Å². The number of pyridine rings is 1. The molecule has 0 radical (unpaired) electrons. The topological polar surface area (TPSA) is 16.1 Å². The lowest BCUT2D eigenvalue weighted by molar-refractivity contribution is -0.151. The molecule has 0 aliphatic heterocycles. The molecule has 0 saturated heterocycles. The fourth-order valence-electron chi connectivity index (χ4n) is 1.40. The maximum Gasteiger partial charge on any atom is 0.401 e. The highest BCUT2D eigenvalue weighted by Gasteiger charge is 2.31. The van der Waals surface area contributed by atoms with Crippen LogP contribution in [0.4, 0.5) is 13.2 Å². The predicted molar refractivity (Wildman–Crippen MR) is 60.8 cm³/mol. The zero-order valence-electron chi connectivity index (χ0n) is 9.63. The molecule has 0 saturated carbocycles. The van der Waals surface area contributed by atoms with Gasteiger partial charge in [0.05, 0.1) is 12.2 Å². The maximum atomic E-state index is 12.4. The summed E-state index contributed by atoms with van der Waals surface area (Å²) in [6.07, 6.45) is -4.21. The quantitative estimate of drug-likeness (QED) is 0.776. The molecule has 1 heterocycles. The van der Waals surface area contributed by atoms with Crippen LogP contribution in [-0.2, 0) is 6.54 Å². The van der Waals surface area contributed by atoms with E-state index < -0.39 is 12.7 Å². The zero-order valence-corrected chi connectivity index (χ0v) is 10.4. The van der Waals surface area contributed by atoms with Gasteiger partial charge in [-0.1, -0.05) is 17.7 Å². The second-order valence-electron chi connectivity index (χ2n) is 4.07. The SMILES string of the molecule is CC(C)N(Cc1cccc(Cl)n1)CC(F)(F)F. The molecule has 0 aliphatic rings. The summed E-state index contributed by atoms with van der Waals surface area (Å²) in [5.74, 6) is 0. The molecular formula is C11H14ClF3N2. The Labute approximate surface area is 103 Å².